The van der Waals surface area contributed by atoms with Crippen LogP contribution in [0.2, 0.25) is 0 Å². The predicted molar refractivity (Wildman–Crippen MR) is 78.5 cm³/mol. The molecule has 3 nitrogen and oxygen atoms in total. The second kappa shape index (κ2) is 6.75. The Hall–Kier alpha value is -1.29. The van der Waals surface area contributed by atoms with Gasteiger partial charge in [-0.15, -0.1) is 11.8 Å². The molecule has 0 aliphatic heterocycles. The number of amides is 1. The third-order valence-corrected chi connectivity index (χ3v) is 4.53. The average molecular weight is 277 g/mol. The smallest absolute Gasteiger partial charge is 0.221 e. The number of carbonyl (C=O) groups is 2. The lowest BCUT2D eigenvalue weighted by atomic mass is 10.2. The van der Waals surface area contributed by atoms with Gasteiger partial charge in [0.25, 0.3) is 0 Å². The summed E-state index contributed by atoms with van der Waals surface area (Å²) < 4.78 is 0. The molecular weight excluding hydrogens is 258 g/mol. The van der Waals surface area contributed by atoms with Crippen molar-refractivity contribution in [2.45, 2.75) is 49.2 Å². The molecule has 102 valence electrons. The second-order valence-electron chi connectivity index (χ2n) is 4.88. The van der Waals surface area contributed by atoms with Crippen LogP contribution in [0, 0.1) is 0 Å². The molecule has 1 aliphatic carbocycles. The van der Waals surface area contributed by atoms with Gasteiger partial charge < -0.3 is 5.32 Å². The summed E-state index contributed by atoms with van der Waals surface area (Å²) in [6, 6.07) is 7.69. The van der Waals surface area contributed by atoms with Crippen LogP contribution in [-0.2, 0) is 9.59 Å². The van der Waals surface area contributed by atoms with Crippen molar-refractivity contribution in [3.63, 3.8) is 0 Å². The molecule has 0 saturated heterocycles. The molecule has 1 aliphatic rings. The first-order valence-corrected chi connectivity index (χ1v) is 7.60. The van der Waals surface area contributed by atoms with E-state index in [1.54, 1.807) is 11.8 Å². The maximum atomic E-state index is 12.0. The third kappa shape index (κ3) is 4.39. The number of thioether (sulfide) groups is 1. The molecule has 1 fully saturated rings. The van der Waals surface area contributed by atoms with Gasteiger partial charge in [-0.05, 0) is 37.1 Å². The van der Waals surface area contributed by atoms with E-state index >= 15 is 0 Å². The van der Waals surface area contributed by atoms with E-state index in [-0.39, 0.29) is 11.2 Å². The van der Waals surface area contributed by atoms with Gasteiger partial charge in [-0.3, -0.25) is 9.59 Å². The van der Waals surface area contributed by atoms with E-state index < -0.39 is 0 Å². The van der Waals surface area contributed by atoms with E-state index in [2.05, 4.69) is 5.32 Å². The lowest BCUT2D eigenvalue weighted by Crippen LogP contribution is -2.14. The first kappa shape index (κ1) is 14.1. The maximum absolute atomic E-state index is 12.0. The van der Waals surface area contributed by atoms with Gasteiger partial charge in [0.05, 0.1) is 5.25 Å². The molecule has 1 aromatic rings. The van der Waals surface area contributed by atoms with Crippen LogP contribution in [0.1, 0.15) is 39.0 Å². The Labute approximate surface area is 118 Å². The third-order valence-electron chi connectivity index (χ3n) is 3.20. The van der Waals surface area contributed by atoms with E-state index in [0.717, 1.165) is 36.3 Å². The molecule has 1 amide bonds. The van der Waals surface area contributed by atoms with Crippen molar-refractivity contribution in [1.82, 2.24) is 0 Å². The Morgan fingerprint density at radius 3 is 2.63 bits per heavy atom. The SMILES string of the molecule is CC(=O)Nc1ccc(S[C@H]2CCCCCC2=O)cc1. The fourth-order valence-corrected chi connectivity index (χ4v) is 3.39. The summed E-state index contributed by atoms with van der Waals surface area (Å²) in [5, 5.41) is 2.84. The molecule has 0 radical (unpaired) electrons. The molecular formula is C15H19NO2S. The average Bonchev–Trinajstić information content (AvgIpc) is 2.57. The monoisotopic (exact) mass is 277 g/mol. The minimum absolute atomic E-state index is 0.0700. The highest BCUT2D eigenvalue weighted by Crippen LogP contribution is 2.31. The summed E-state index contributed by atoms with van der Waals surface area (Å²) in [4.78, 5) is 24.0. The van der Waals surface area contributed by atoms with E-state index in [1.165, 1.54) is 13.3 Å². The van der Waals surface area contributed by atoms with Gasteiger partial charge in [-0.25, -0.2) is 0 Å². The summed E-state index contributed by atoms with van der Waals surface area (Å²) in [6.45, 7) is 1.49. The number of hydrogen-bond acceptors (Lipinski definition) is 3. The number of benzene rings is 1. The molecule has 19 heavy (non-hydrogen) atoms. The molecule has 2 rings (SSSR count). The summed E-state index contributed by atoms with van der Waals surface area (Å²) >= 11 is 1.65. The minimum atomic E-state index is -0.0700. The summed E-state index contributed by atoms with van der Waals surface area (Å²) in [6.07, 6.45) is 5.06. The van der Waals surface area contributed by atoms with Gasteiger partial charge in [0, 0.05) is 23.9 Å². The van der Waals surface area contributed by atoms with Crippen molar-refractivity contribution in [3.8, 4) is 0 Å². The molecule has 1 saturated carbocycles. The van der Waals surface area contributed by atoms with Crippen molar-refractivity contribution in [2.24, 2.45) is 0 Å². The lowest BCUT2D eigenvalue weighted by molar-refractivity contribution is -0.118. The van der Waals surface area contributed by atoms with Crippen LogP contribution in [0.15, 0.2) is 29.2 Å². The van der Waals surface area contributed by atoms with Crippen LogP contribution < -0.4 is 5.32 Å². The molecule has 0 heterocycles. The number of anilines is 1. The Bertz CT molecular complexity index is 456. The van der Waals surface area contributed by atoms with E-state index in [0.29, 0.717) is 5.78 Å². The maximum Gasteiger partial charge on any atom is 0.221 e. The van der Waals surface area contributed by atoms with E-state index in [9.17, 15) is 9.59 Å². The zero-order valence-corrected chi connectivity index (χ0v) is 12.0. The quantitative estimate of drug-likeness (QED) is 0.858. The van der Waals surface area contributed by atoms with Crippen LogP contribution >= 0.6 is 11.8 Å². The predicted octanol–water partition coefficient (Wildman–Crippen LogP) is 3.64. The Morgan fingerprint density at radius 2 is 1.95 bits per heavy atom. The lowest BCUT2D eigenvalue weighted by Gasteiger charge is -2.12. The van der Waals surface area contributed by atoms with Crippen molar-refractivity contribution >= 4 is 29.1 Å². The van der Waals surface area contributed by atoms with Crippen molar-refractivity contribution in [2.75, 3.05) is 5.32 Å². The molecule has 1 atom stereocenters. The fraction of sp³-hybridized carbons (Fsp3) is 0.467. The molecule has 1 aromatic carbocycles. The van der Waals surface area contributed by atoms with Crippen LogP contribution in [0.4, 0.5) is 5.69 Å². The number of carbonyl (C=O) groups excluding carboxylic acids is 2. The van der Waals surface area contributed by atoms with Crippen LogP contribution in [0.25, 0.3) is 0 Å². The molecule has 0 unspecified atom stereocenters. The van der Waals surface area contributed by atoms with Gasteiger partial charge in [0.15, 0.2) is 0 Å². The minimum Gasteiger partial charge on any atom is -0.326 e. The van der Waals surface area contributed by atoms with E-state index in [1.807, 2.05) is 24.3 Å². The highest BCUT2D eigenvalue weighted by atomic mass is 32.2. The van der Waals surface area contributed by atoms with Gasteiger partial charge in [0.1, 0.15) is 5.78 Å². The molecule has 0 spiro atoms. The molecule has 4 heteroatoms. The van der Waals surface area contributed by atoms with Crippen LogP contribution in [-0.4, -0.2) is 16.9 Å². The summed E-state index contributed by atoms with van der Waals surface area (Å²) in [5.74, 6) is 0.313. The standard InChI is InChI=1S/C15H19NO2S/c1-11(17)16-12-7-9-13(10-8-12)19-15-6-4-2-3-5-14(15)18/h7-10,15H,2-6H2,1H3,(H,16,17)/t15-/m0/s1. The Balaban J connectivity index is 1.98. The van der Waals surface area contributed by atoms with Crippen LogP contribution in [0.3, 0.4) is 0 Å². The first-order chi connectivity index (χ1) is 9.15. The number of Topliss-reactive ketones (excluding diaryl/α,β-unsaturated/α-hetero) is 1. The Morgan fingerprint density at radius 1 is 1.21 bits per heavy atom. The van der Waals surface area contributed by atoms with E-state index in [4.69, 9.17) is 0 Å². The molecule has 0 aromatic heterocycles. The van der Waals surface area contributed by atoms with Gasteiger partial charge in [0.2, 0.25) is 5.91 Å². The topological polar surface area (TPSA) is 46.2 Å². The number of nitrogens with one attached hydrogen (secondary N) is 1. The normalized spacial score (nSPS) is 19.8. The fourth-order valence-electron chi connectivity index (χ4n) is 2.24. The summed E-state index contributed by atoms with van der Waals surface area (Å²) in [5.41, 5.74) is 0.795. The largest absolute Gasteiger partial charge is 0.326 e. The van der Waals surface area contributed by atoms with Gasteiger partial charge >= 0.3 is 0 Å². The number of hydrogen-bond donors (Lipinski definition) is 1. The van der Waals surface area contributed by atoms with Gasteiger partial charge in [-0.1, -0.05) is 12.8 Å². The second-order valence-corrected chi connectivity index (χ2v) is 6.15. The van der Waals surface area contributed by atoms with Gasteiger partial charge in [-0.2, -0.15) is 0 Å². The Kier molecular flexibility index (Phi) is 5.02. The highest BCUT2D eigenvalue weighted by Gasteiger charge is 2.21. The first-order valence-electron chi connectivity index (χ1n) is 6.72. The number of ketones is 1. The van der Waals surface area contributed by atoms with Crippen LogP contribution in [0.5, 0.6) is 0 Å². The molecule has 1 N–H and O–H groups in total. The number of rotatable bonds is 3. The van der Waals surface area contributed by atoms with Crippen molar-refractivity contribution in [3.05, 3.63) is 24.3 Å². The van der Waals surface area contributed by atoms with Crippen molar-refractivity contribution < 1.29 is 9.59 Å². The highest BCUT2D eigenvalue weighted by molar-refractivity contribution is 8.00. The zero-order valence-electron chi connectivity index (χ0n) is 11.1. The molecule has 0 bridgehead atoms. The zero-order chi connectivity index (χ0) is 13.7. The summed E-state index contributed by atoms with van der Waals surface area (Å²) in [7, 11) is 0. The van der Waals surface area contributed by atoms with Crippen molar-refractivity contribution in [1.29, 1.82) is 0 Å².